The summed E-state index contributed by atoms with van der Waals surface area (Å²) in [5.74, 6) is 1.06. The van der Waals surface area contributed by atoms with Crippen molar-refractivity contribution in [3.05, 3.63) is 122 Å². The summed E-state index contributed by atoms with van der Waals surface area (Å²) in [7, 11) is 0. The molecule has 198 valence electrons. The number of fused-ring (bicyclic) bond motifs is 1. The van der Waals surface area contributed by atoms with E-state index in [9.17, 15) is 9.18 Å². The highest BCUT2D eigenvalue weighted by molar-refractivity contribution is 9.10. The first-order chi connectivity index (χ1) is 18.8. The third-order valence-corrected chi connectivity index (χ3v) is 7.01. The lowest BCUT2D eigenvalue weighted by molar-refractivity contribution is 0.305. The van der Waals surface area contributed by atoms with Crippen molar-refractivity contribution in [1.29, 1.82) is 0 Å². The molecule has 0 aliphatic rings. The Morgan fingerprint density at radius 3 is 2.59 bits per heavy atom. The van der Waals surface area contributed by atoms with Crippen LogP contribution in [0.5, 0.6) is 5.75 Å². The number of benzene rings is 3. The van der Waals surface area contributed by atoms with E-state index in [-0.39, 0.29) is 11.4 Å². The molecule has 0 bridgehead atoms. The first-order valence-electron chi connectivity index (χ1n) is 12.8. The Balaban J connectivity index is 1.41. The zero-order chi connectivity index (χ0) is 27.5. The van der Waals surface area contributed by atoms with Crippen LogP contribution in [-0.2, 0) is 13.0 Å². The summed E-state index contributed by atoms with van der Waals surface area (Å²) in [6.07, 6.45) is 3.22. The molecule has 5 aromatic rings. The largest absolute Gasteiger partial charge is 0.489 e. The number of hydrogen-bond donors (Lipinski definition) is 0. The van der Waals surface area contributed by atoms with Gasteiger partial charge in [-0.05, 0) is 86.5 Å². The van der Waals surface area contributed by atoms with E-state index in [1.807, 2.05) is 62.4 Å². The Morgan fingerprint density at radius 2 is 1.85 bits per heavy atom. The van der Waals surface area contributed by atoms with Crippen LogP contribution in [0, 0.1) is 19.7 Å². The number of halogens is 2. The van der Waals surface area contributed by atoms with Gasteiger partial charge in [0.25, 0.3) is 5.56 Å². The molecule has 0 amide bonds. The molecule has 0 atom stereocenters. The molecule has 0 aliphatic heterocycles. The van der Waals surface area contributed by atoms with Crippen molar-refractivity contribution >= 4 is 33.0 Å². The molecule has 8 heteroatoms. The Kier molecular flexibility index (Phi) is 7.74. The molecule has 39 heavy (non-hydrogen) atoms. The van der Waals surface area contributed by atoms with Gasteiger partial charge in [0.2, 0.25) is 0 Å². The molecular formula is C31H28BrFN4O2. The maximum absolute atomic E-state index is 13.4. The second-order valence-electron chi connectivity index (χ2n) is 9.38. The topological polar surface area (TPSA) is 61.4 Å². The molecule has 2 heterocycles. The van der Waals surface area contributed by atoms with Gasteiger partial charge in [-0.1, -0.05) is 35.0 Å². The SMILES string of the molecule is CCCc1nc2ccc(Br)cc2c(=O)n1N=Cc1cc(C)n(-c2ccc(OCc3cccc(F)c3)cc2)c1C. The highest BCUT2D eigenvalue weighted by Crippen LogP contribution is 2.23. The second-order valence-corrected chi connectivity index (χ2v) is 10.3. The summed E-state index contributed by atoms with van der Waals surface area (Å²) in [4.78, 5) is 18.0. The highest BCUT2D eigenvalue weighted by Gasteiger charge is 2.13. The van der Waals surface area contributed by atoms with Crippen molar-refractivity contribution in [3.63, 3.8) is 0 Å². The smallest absolute Gasteiger partial charge is 0.282 e. The van der Waals surface area contributed by atoms with E-state index >= 15 is 0 Å². The van der Waals surface area contributed by atoms with E-state index in [0.29, 0.717) is 35.5 Å². The number of rotatable bonds is 8. The predicted octanol–water partition coefficient (Wildman–Crippen LogP) is 7.12. The Hall–Kier alpha value is -4.04. The van der Waals surface area contributed by atoms with Crippen molar-refractivity contribution in [2.24, 2.45) is 5.10 Å². The lowest BCUT2D eigenvalue weighted by Gasteiger charge is -2.12. The zero-order valence-electron chi connectivity index (χ0n) is 22.0. The average Bonchev–Trinajstić information content (AvgIpc) is 3.21. The maximum Gasteiger partial charge on any atom is 0.282 e. The minimum Gasteiger partial charge on any atom is -0.489 e. The summed E-state index contributed by atoms with van der Waals surface area (Å²) >= 11 is 3.45. The highest BCUT2D eigenvalue weighted by atomic mass is 79.9. The molecule has 0 aliphatic carbocycles. The van der Waals surface area contributed by atoms with Crippen molar-refractivity contribution in [3.8, 4) is 11.4 Å². The number of aryl methyl sites for hydroxylation is 2. The fourth-order valence-corrected chi connectivity index (χ4v) is 4.98. The molecule has 6 nitrogen and oxygen atoms in total. The minimum absolute atomic E-state index is 0.191. The lowest BCUT2D eigenvalue weighted by Crippen LogP contribution is -2.22. The van der Waals surface area contributed by atoms with Crippen LogP contribution in [0.1, 0.15) is 41.7 Å². The monoisotopic (exact) mass is 586 g/mol. The molecule has 3 aromatic carbocycles. The molecule has 5 rings (SSSR count). The van der Waals surface area contributed by atoms with E-state index in [2.05, 4.69) is 32.5 Å². The van der Waals surface area contributed by atoms with Crippen molar-refractivity contribution in [2.75, 3.05) is 0 Å². The minimum atomic E-state index is -0.277. The van der Waals surface area contributed by atoms with Gasteiger partial charge < -0.3 is 9.30 Å². The first-order valence-corrected chi connectivity index (χ1v) is 13.6. The zero-order valence-corrected chi connectivity index (χ0v) is 23.6. The van der Waals surface area contributed by atoms with Crippen LogP contribution >= 0.6 is 15.9 Å². The summed E-state index contributed by atoms with van der Waals surface area (Å²) in [6.45, 7) is 6.40. The van der Waals surface area contributed by atoms with Gasteiger partial charge in [0.15, 0.2) is 0 Å². The number of ether oxygens (including phenoxy) is 1. The molecule has 0 spiro atoms. The molecule has 0 N–H and O–H groups in total. The van der Waals surface area contributed by atoms with Crippen molar-refractivity contribution in [1.82, 2.24) is 14.2 Å². The summed E-state index contributed by atoms with van der Waals surface area (Å²) in [5.41, 5.74) is 5.15. The Labute approximate surface area is 234 Å². The predicted molar refractivity (Wildman–Crippen MR) is 157 cm³/mol. The quantitative estimate of drug-likeness (QED) is 0.182. The molecule has 0 saturated carbocycles. The van der Waals surface area contributed by atoms with Crippen LogP contribution < -0.4 is 10.3 Å². The fourth-order valence-electron chi connectivity index (χ4n) is 4.62. The third-order valence-electron chi connectivity index (χ3n) is 6.52. The summed E-state index contributed by atoms with van der Waals surface area (Å²) in [6, 6.07) is 21.7. The standard InChI is InChI=1S/C31H28BrFN4O2/c1-4-6-30-35-29-14-9-24(32)17-28(29)31(38)37(30)34-18-23-15-20(2)36(21(23)3)26-10-12-27(13-11-26)39-19-22-7-5-8-25(33)16-22/h5,7-18H,4,6,19H2,1-3H3. The summed E-state index contributed by atoms with van der Waals surface area (Å²) in [5, 5.41) is 5.12. The molecule has 0 radical (unpaired) electrons. The first kappa shape index (κ1) is 26.6. The number of nitrogens with zero attached hydrogens (tertiary/aromatic N) is 4. The molecule has 2 aromatic heterocycles. The Morgan fingerprint density at radius 1 is 1.05 bits per heavy atom. The van der Waals surface area contributed by atoms with Gasteiger partial charge in [-0.25, -0.2) is 9.37 Å². The van der Waals surface area contributed by atoms with Crippen LogP contribution in [0.2, 0.25) is 0 Å². The normalized spacial score (nSPS) is 11.5. The van der Waals surface area contributed by atoms with Gasteiger partial charge in [0.05, 0.1) is 17.1 Å². The summed E-state index contributed by atoms with van der Waals surface area (Å²) < 4.78 is 23.6. The second kappa shape index (κ2) is 11.4. The van der Waals surface area contributed by atoms with Crippen LogP contribution in [-0.4, -0.2) is 20.4 Å². The van der Waals surface area contributed by atoms with Crippen molar-refractivity contribution < 1.29 is 9.13 Å². The third kappa shape index (κ3) is 5.71. The van der Waals surface area contributed by atoms with Gasteiger partial charge in [-0.15, -0.1) is 0 Å². The van der Waals surface area contributed by atoms with E-state index in [1.54, 1.807) is 18.3 Å². The van der Waals surface area contributed by atoms with Crippen LogP contribution in [0.25, 0.3) is 16.6 Å². The molecule has 0 saturated heterocycles. The van der Waals surface area contributed by atoms with Gasteiger partial charge in [0.1, 0.15) is 24.0 Å². The molecule has 0 fully saturated rings. The molecular weight excluding hydrogens is 559 g/mol. The van der Waals surface area contributed by atoms with Crippen LogP contribution in [0.15, 0.2) is 87.2 Å². The van der Waals surface area contributed by atoms with Gasteiger partial charge in [-0.2, -0.15) is 9.78 Å². The number of aromatic nitrogens is 3. The van der Waals surface area contributed by atoms with E-state index < -0.39 is 0 Å². The Bertz CT molecular complexity index is 1740. The van der Waals surface area contributed by atoms with Gasteiger partial charge in [0, 0.05) is 33.5 Å². The molecule has 0 unspecified atom stereocenters. The maximum atomic E-state index is 13.4. The van der Waals surface area contributed by atoms with Gasteiger partial charge >= 0.3 is 0 Å². The fraction of sp³-hybridized carbons (Fsp3) is 0.194. The van der Waals surface area contributed by atoms with Crippen LogP contribution in [0.4, 0.5) is 4.39 Å². The van der Waals surface area contributed by atoms with E-state index in [0.717, 1.165) is 39.1 Å². The average molecular weight is 587 g/mol. The van der Waals surface area contributed by atoms with E-state index in [1.165, 1.54) is 16.8 Å². The van der Waals surface area contributed by atoms with Gasteiger partial charge in [-0.3, -0.25) is 4.79 Å². The van der Waals surface area contributed by atoms with E-state index in [4.69, 9.17) is 9.72 Å². The number of hydrogen-bond acceptors (Lipinski definition) is 4. The van der Waals surface area contributed by atoms with Crippen LogP contribution in [0.3, 0.4) is 0 Å². The lowest BCUT2D eigenvalue weighted by atomic mass is 10.2. The van der Waals surface area contributed by atoms with Crippen molar-refractivity contribution in [2.45, 2.75) is 40.2 Å².